The molecule has 4 nitrogen and oxygen atoms in total. The van der Waals surface area contributed by atoms with Crippen molar-refractivity contribution in [1.29, 1.82) is 0 Å². The summed E-state index contributed by atoms with van der Waals surface area (Å²) in [5, 5.41) is 0.940. The molecule has 0 amide bonds. The normalized spacial score (nSPS) is 15.7. The Morgan fingerprint density at radius 1 is 1.00 bits per heavy atom. The van der Waals surface area contributed by atoms with Crippen molar-refractivity contribution in [2.75, 3.05) is 51.2 Å². The summed E-state index contributed by atoms with van der Waals surface area (Å²) in [5.41, 5.74) is 3.45. The van der Waals surface area contributed by atoms with Crippen LogP contribution in [0.3, 0.4) is 0 Å². The van der Waals surface area contributed by atoms with E-state index < -0.39 is 0 Å². The van der Waals surface area contributed by atoms with E-state index in [0.29, 0.717) is 0 Å². The predicted octanol–water partition coefficient (Wildman–Crippen LogP) is 3.56. The van der Waals surface area contributed by atoms with Crippen LogP contribution in [0.25, 0.3) is 10.9 Å². The van der Waals surface area contributed by atoms with E-state index in [0.717, 1.165) is 62.4 Å². The molecular weight excluding hydrogens is 339 g/mol. The third kappa shape index (κ3) is 4.49. The highest BCUT2D eigenvalue weighted by molar-refractivity contribution is 5.80. The van der Waals surface area contributed by atoms with Crippen LogP contribution in [0.4, 0.5) is 10.1 Å². The molecule has 27 heavy (non-hydrogen) atoms. The van der Waals surface area contributed by atoms with Crippen LogP contribution >= 0.6 is 0 Å². The molecule has 0 aliphatic carbocycles. The molecule has 1 saturated heterocycles. The smallest absolute Gasteiger partial charge is 0.123 e. The van der Waals surface area contributed by atoms with Gasteiger partial charge in [0.2, 0.25) is 0 Å². The molecule has 0 unspecified atom stereocenters. The molecule has 1 aliphatic rings. The van der Waals surface area contributed by atoms with Crippen LogP contribution in [-0.2, 0) is 6.54 Å². The number of aromatic nitrogens is 1. The number of H-pyrrole nitrogens is 1. The van der Waals surface area contributed by atoms with Gasteiger partial charge in [0, 0.05) is 68.1 Å². The van der Waals surface area contributed by atoms with Gasteiger partial charge in [0.05, 0.1) is 0 Å². The molecule has 1 fully saturated rings. The first kappa shape index (κ1) is 18.0. The highest BCUT2D eigenvalue weighted by atomic mass is 19.1. The summed E-state index contributed by atoms with van der Waals surface area (Å²) in [6.07, 6.45) is 0. The van der Waals surface area contributed by atoms with Gasteiger partial charge in [-0.05, 0) is 43.4 Å². The molecule has 3 aromatic rings. The van der Waals surface area contributed by atoms with Crippen molar-refractivity contribution in [3.63, 3.8) is 0 Å². The second-order valence-corrected chi connectivity index (χ2v) is 7.43. The van der Waals surface area contributed by atoms with Crippen LogP contribution < -0.4 is 4.90 Å². The van der Waals surface area contributed by atoms with Gasteiger partial charge in [-0.25, -0.2) is 4.39 Å². The van der Waals surface area contributed by atoms with Gasteiger partial charge in [0.1, 0.15) is 5.82 Å². The molecule has 0 spiro atoms. The topological polar surface area (TPSA) is 25.5 Å². The van der Waals surface area contributed by atoms with Crippen molar-refractivity contribution in [3.05, 3.63) is 66.1 Å². The molecule has 1 aliphatic heterocycles. The first-order valence-corrected chi connectivity index (χ1v) is 9.65. The Bertz CT molecular complexity index is 868. The minimum atomic E-state index is -0.184. The number of halogens is 1. The summed E-state index contributed by atoms with van der Waals surface area (Å²) >= 11 is 0. The second kappa shape index (κ2) is 8.11. The summed E-state index contributed by atoms with van der Waals surface area (Å²) in [6, 6.07) is 17.6. The zero-order valence-electron chi connectivity index (χ0n) is 15.9. The lowest BCUT2D eigenvalue weighted by Crippen LogP contribution is -2.48. The molecule has 1 aromatic heterocycles. The number of benzene rings is 2. The SMILES string of the molecule is CN(CCN1CCN(c2ccccc2)CC1)Cc1cc2cc(F)ccc2[nH]1. The number of aromatic amines is 1. The summed E-state index contributed by atoms with van der Waals surface area (Å²) < 4.78 is 13.3. The number of hydrogen-bond acceptors (Lipinski definition) is 3. The third-order valence-electron chi connectivity index (χ3n) is 5.37. The fourth-order valence-corrected chi connectivity index (χ4v) is 3.80. The Balaban J connectivity index is 1.24. The fraction of sp³-hybridized carbons (Fsp3) is 0.364. The van der Waals surface area contributed by atoms with E-state index in [1.165, 1.54) is 11.8 Å². The Hall–Kier alpha value is -2.37. The van der Waals surface area contributed by atoms with Gasteiger partial charge in [-0.2, -0.15) is 0 Å². The second-order valence-electron chi connectivity index (χ2n) is 7.43. The highest BCUT2D eigenvalue weighted by Gasteiger charge is 2.17. The van der Waals surface area contributed by atoms with Crippen LogP contribution in [-0.4, -0.2) is 61.1 Å². The van der Waals surface area contributed by atoms with E-state index in [4.69, 9.17) is 0 Å². The fourth-order valence-electron chi connectivity index (χ4n) is 3.80. The van der Waals surface area contributed by atoms with Gasteiger partial charge in [-0.3, -0.25) is 9.80 Å². The van der Waals surface area contributed by atoms with Gasteiger partial charge < -0.3 is 9.88 Å². The maximum atomic E-state index is 13.3. The molecule has 2 aromatic carbocycles. The van der Waals surface area contributed by atoms with Gasteiger partial charge in [-0.15, -0.1) is 0 Å². The zero-order chi connectivity index (χ0) is 18.6. The van der Waals surface area contributed by atoms with Crippen LogP contribution in [0, 0.1) is 5.82 Å². The van der Waals surface area contributed by atoms with E-state index in [9.17, 15) is 4.39 Å². The van der Waals surface area contributed by atoms with Crippen molar-refractivity contribution >= 4 is 16.6 Å². The van der Waals surface area contributed by atoms with Crippen molar-refractivity contribution in [2.24, 2.45) is 0 Å². The number of rotatable bonds is 6. The van der Waals surface area contributed by atoms with Crippen LogP contribution in [0.15, 0.2) is 54.6 Å². The maximum Gasteiger partial charge on any atom is 0.123 e. The van der Waals surface area contributed by atoms with E-state index >= 15 is 0 Å². The monoisotopic (exact) mass is 366 g/mol. The Morgan fingerprint density at radius 3 is 2.56 bits per heavy atom. The summed E-state index contributed by atoms with van der Waals surface area (Å²) in [7, 11) is 2.15. The Labute approximate surface area is 160 Å². The summed E-state index contributed by atoms with van der Waals surface area (Å²) in [6.45, 7) is 7.33. The van der Waals surface area contributed by atoms with Gasteiger partial charge in [0.15, 0.2) is 0 Å². The minimum Gasteiger partial charge on any atom is -0.369 e. The molecule has 1 N–H and O–H groups in total. The van der Waals surface area contributed by atoms with Gasteiger partial charge >= 0.3 is 0 Å². The first-order valence-electron chi connectivity index (χ1n) is 9.65. The van der Waals surface area contributed by atoms with Crippen molar-refractivity contribution in [1.82, 2.24) is 14.8 Å². The number of hydrogen-bond donors (Lipinski definition) is 1. The maximum absolute atomic E-state index is 13.3. The molecule has 4 rings (SSSR count). The van der Waals surface area contributed by atoms with E-state index in [1.54, 1.807) is 12.1 Å². The number of piperazine rings is 1. The number of nitrogens with zero attached hydrogens (tertiary/aromatic N) is 3. The standard InChI is InChI=1S/C22H27FN4/c1-25(17-20-16-18-15-19(23)7-8-22(18)24-20)9-10-26-11-13-27(14-12-26)21-5-3-2-4-6-21/h2-8,15-16,24H,9-14,17H2,1H3. The van der Waals surface area contributed by atoms with Crippen molar-refractivity contribution in [2.45, 2.75) is 6.54 Å². The number of anilines is 1. The van der Waals surface area contributed by atoms with Crippen molar-refractivity contribution in [3.8, 4) is 0 Å². The lowest BCUT2D eigenvalue weighted by atomic mass is 10.2. The van der Waals surface area contributed by atoms with Crippen molar-refractivity contribution < 1.29 is 4.39 Å². The van der Waals surface area contributed by atoms with E-state index in [1.807, 2.05) is 6.07 Å². The molecule has 0 saturated carbocycles. The molecule has 5 heteroatoms. The average Bonchev–Trinajstić information content (AvgIpc) is 3.08. The number of likely N-dealkylation sites (N-methyl/N-ethyl adjacent to an activating group) is 1. The lowest BCUT2D eigenvalue weighted by Gasteiger charge is -2.36. The number of para-hydroxylation sites is 1. The zero-order valence-corrected chi connectivity index (χ0v) is 15.9. The Morgan fingerprint density at radius 2 is 1.78 bits per heavy atom. The van der Waals surface area contributed by atoms with Crippen LogP contribution in [0.1, 0.15) is 5.69 Å². The lowest BCUT2D eigenvalue weighted by molar-refractivity contribution is 0.212. The molecule has 0 radical (unpaired) electrons. The molecular formula is C22H27FN4. The minimum absolute atomic E-state index is 0.184. The third-order valence-corrected chi connectivity index (χ3v) is 5.37. The van der Waals surface area contributed by atoms with Gasteiger partial charge in [0.25, 0.3) is 0 Å². The van der Waals surface area contributed by atoms with E-state index in [2.05, 4.69) is 57.1 Å². The average molecular weight is 366 g/mol. The quantitative estimate of drug-likeness (QED) is 0.722. The molecule has 2 heterocycles. The number of nitrogens with one attached hydrogen (secondary N) is 1. The highest BCUT2D eigenvalue weighted by Crippen LogP contribution is 2.18. The summed E-state index contributed by atoms with van der Waals surface area (Å²) in [4.78, 5) is 10.7. The Kier molecular flexibility index (Phi) is 5.41. The van der Waals surface area contributed by atoms with Crippen LogP contribution in [0.2, 0.25) is 0 Å². The van der Waals surface area contributed by atoms with Gasteiger partial charge in [-0.1, -0.05) is 18.2 Å². The summed E-state index contributed by atoms with van der Waals surface area (Å²) in [5.74, 6) is -0.184. The largest absolute Gasteiger partial charge is 0.369 e. The predicted molar refractivity (Wildman–Crippen MR) is 110 cm³/mol. The molecule has 0 bridgehead atoms. The molecule has 0 atom stereocenters. The van der Waals surface area contributed by atoms with Crippen LogP contribution in [0.5, 0.6) is 0 Å². The number of fused-ring (bicyclic) bond motifs is 1. The molecule has 142 valence electrons. The van der Waals surface area contributed by atoms with E-state index in [-0.39, 0.29) is 5.82 Å². The first-order chi connectivity index (χ1) is 13.2.